The lowest BCUT2D eigenvalue weighted by Gasteiger charge is -2.43. The third-order valence-corrected chi connectivity index (χ3v) is 3.08. The fourth-order valence-electron chi connectivity index (χ4n) is 2.20. The van der Waals surface area contributed by atoms with Crippen LogP contribution in [-0.2, 0) is 0 Å². The number of hydrogen-bond acceptors (Lipinski definition) is 3. The van der Waals surface area contributed by atoms with Gasteiger partial charge in [0.25, 0.3) is 0 Å². The number of nitrogens with zero attached hydrogens (tertiary/aromatic N) is 3. The van der Waals surface area contributed by atoms with E-state index in [9.17, 15) is 0 Å². The summed E-state index contributed by atoms with van der Waals surface area (Å²) in [6.07, 6.45) is 1.86. The zero-order valence-corrected chi connectivity index (χ0v) is 9.53. The van der Waals surface area contributed by atoms with Crippen molar-refractivity contribution in [3.05, 3.63) is 0 Å². The summed E-state index contributed by atoms with van der Waals surface area (Å²) in [6, 6.07) is 3.34. The topological polar surface area (TPSA) is 30.3 Å². The van der Waals surface area contributed by atoms with E-state index in [1.807, 2.05) is 0 Å². The van der Waals surface area contributed by atoms with Gasteiger partial charge in [0.05, 0.1) is 12.5 Å². The predicted octanol–water partition coefficient (Wildman–Crippen LogP) is 1.31. The van der Waals surface area contributed by atoms with Gasteiger partial charge in [-0.05, 0) is 26.9 Å². The molecule has 80 valence electrons. The Bertz CT molecular complexity index is 209. The molecule has 0 aromatic rings. The maximum Gasteiger partial charge on any atom is 0.0638 e. The van der Waals surface area contributed by atoms with E-state index in [1.54, 1.807) is 0 Å². The van der Waals surface area contributed by atoms with E-state index in [-0.39, 0.29) is 0 Å². The van der Waals surface area contributed by atoms with E-state index in [1.165, 1.54) is 6.42 Å². The Morgan fingerprint density at radius 3 is 2.71 bits per heavy atom. The molecule has 0 aromatic heterocycles. The second kappa shape index (κ2) is 5.33. The molecule has 0 aromatic carbocycles. The number of likely N-dealkylation sites (N-methyl/N-ethyl adjacent to an activating group) is 1. The van der Waals surface area contributed by atoms with Gasteiger partial charge in [-0.25, -0.2) is 0 Å². The Labute approximate surface area is 87.3 Å². The van der Waals surface area contributed by atoms with Crippen molar-refractivity contribution in [1.82, 2.24) is 9.80 Å². The number of hydrogen-bond donors (Lipinski definition) is 0. The highest BCUT2D eigenvalue weighted by Gasteiger charge is 2.28. The molecule has 3 heteroatoms. The lowest BCUT2D eigenvalue weighted by atomic mass is 10.1. The first-order valence-electron chi connectivity index (χ1n) is 5.50. The van der Waals surface area contributed by atoms with Gasteiger partial charge in [0.2, 0.25) is 0 Å². The van der Waals surface area contributed by atoms with E-state index < -0.39 is 0 Å². The van der Waals surface area contributed by atoms with Gasteiger partial charge < -0.3 is 0 Å². The van der Waals surface area contributed by atoms with Gasteiger partial charge in [-0.1, -0.05) is 6.92 Å². The van der Waals surface area contributed by atoms with Gasteiger partial charge in [0.15, 0.2) is 0 Å². The number of nitriles is 1. The van der Waals surface area contributed by atoms with Crippen LogP contribution < -0.4 is 0 Å². The minimum atomic E-state index is 0.433. The number of rotatable bonds is 3. The lowest BCUT2D eigenvalue weighted by Crippen LogP contribution is -2.55. The Balaban J connectivity index is 2.52. The molecule has 0 bridgehead atoms. The molecule has 1 fully saturated rings. The third kappa shape index (κ3) is 2.70. The highest BCUT2D eigenvalue weighted by atomic mass is 15.3. The molecule has 1 rings (SSSR count). The molecule has 0 radical (unpaired) electrons. The van der Waals surface area contributed by atoms with Crippen molar-refractivity contribution in [2.75, 3.05) is 26.7 Å². The van der Waals surface area contributed by atoms with Crippen LogP contribution in [0.25, 0.3) is 0 Å². The maximum atomic E-state index is 8.72. The summed E-state index contributed by atoms with van der Waals surface area (Å²) in [5.74, 6) is 0. The molecule has 0 spiro atoms. The van der Waals surface area contributed by atoms with Crippen LogP contribution in [0, 0.1) is 11.3 Å². The lowest BCUT2D eigenvalue weighted by molar-refractivity contribution is 0.0544. The van der Waals surface area contributed by atoms with Crippen LogP contribution in [-0.4, -0.2) is 48.6 Å². The average molecular weight is 195 g/mol. The average Bonchev–Trinajstić information content (AvgIpc) is 2.14. The molecule has 0 N–H and O–H groups in total. The summed E-state index contributed by atoms with van der Waals surface area (Å²) in [5.41, 5.74) is 0. The molecule has 2 unspecified atom stereocenters. The molecule has 1 aliphatic rings. The Hall–Kier alpha value is -0.590. The van der Waals surface area contributed by atoms with Gasteiger partial charge in [-0.15, -0.1) is 0 Å². The van der Waals surface area contributed by atoms with Gasteiger partial charge in [-0.3, -0.25) is 9.80 Å². The first-order valence-corrected chi connectivity index (χ1v) is 5.50. The van der Waals surface area contributed by atoms with Gasteiger partial charge >= 0.3 is 0 Å². The van der Waals surface area contributed by atoms with Crippen LogP contribution in [0.4, 0.5) is 0 Å². The van der Waals surface area contributed by atoms with Crippen LogP contribution in [0.2, 0.25) is 0 Å². The minimum Gasteiger partial charge on any atom is -0.300 e. The first-order chi connectivity index (χ1) is 6.69. The third-order valence-electron chi connectivity index (χ3n) is 3.08. The second-order valence-corrected chi connectivity index (χ2v) is 4.30. The summed E-state index contributed by atoms with van der Waals surface area (Å²) in [7, 11) is 2.13. The Morgan fingerprint density at radius 1 is 1.43 bits per heavy atom. The Morgan fingerprint density at radius 2 is 2.14 bits per heavy atom. The van der Waals surface area contributed by atoms with Crippen molar-refractivity contribution in [3.63, 3.8) is 0 Å². The predicted molar refractivity (Wildman–Crippen MR) is 58.0 cm³/mol. The van der Waals surface area contributed by atoms with E-state index in [4.69, 9.17) is 5.26 Å². The van der Waals surface area contributed by atoms with Crippen molar-refractivity contribution in [2.24, 2.45) is 0 Å². The molecule has 1 heterocycles. The van der Waals surface area contributed by atoms with E-state index >= 15 is 0 Å². The Kier molecular flexibility index (Phi) is 4.37. The molecule has 2 atom stereocenters. The summed E-state index contributed by atoms with van der Waals surface area (Å²) in [6.45, 7) is 7.79. The van der Waals surface area contributed by atoms with Crippen molar-refractivity contribution in [3.8, 4) is 6.07 Å². The largest absolute Gasteiger partial charge is 0.300 e. The summed E-state index contributed by atoms with van der Waals surface area (Å²) < 4.78 is 0. The van der Waals surface area contributed by atoms with E-state index in [0.717, 1.165) is 19.6 Å². The molecule has 1 aliphatic heterocycles. The quantitative estimate of drug-likeness (QED) is 0.680. The highest BCUT2D eigenvalue weighted by molar-refractivity contribution is 4.90. The maximum absolute atomic E-state index is 8.72. The molecule has 0 amide bonds. The highest BCUT2D eigenvalue weighted by Crippen LogP contribution is 2.15. The minimum absolute atomic E-state index is 0.433. The van der Waals surface area contributed by atoms with Crippen LogP contribution in [0.3, 0.4) is 0 Å². The van der Waals surface area contributed by atoms with E-state index in [2.05, 4.69) is 36.8 Å². The van der Waals surface area contributed by atoms with Gasteiger partial charge in [-0.2, -0.15) is 5.26 Å². The summed E-state index contributed by atoms with van der Waals surface area (Å²) in [5, 5.41) is 8.72. The number of piperazine rings is 1. The van der Waals surface area contributed by atoms with Crippen molar-refractivity contribution in [2.45, 2.75) is 38.8 Å². The van der Waals surface area contributed by atoms with Crippen LogP contribution in [0.15, 0.2) is 0 Å². The second-order valence-electron chi connectivity index (χ2n) is 4.30. The fraction of sp³-hybridized carbons (Fsp3) is 0.909. The van der Waals surface area contributed by atoms with Crippen molar-refractivity contribution < 1.29 is 0 Å². The van der Waals surface area contributed by atoms with Gasteiger partial charge in [0.1, 0.15) is 0 Å². The monoisotopic (exact) mass is 195 g/mol. The van der Waals surface area contributed by atoms with Crippen LogP contribution in [0.5, 0.6) is 0 Å². The van der Waals surface area contributed by atoms with Crippen LogP contribution >= 0.6 is 0 Å². The molecular weight excluding hydrogens is 174 g/mol. The standard InChI is InChI=1S/C11H21N3/c1-4-7-14-9-11(5-6-12)13(3)8-10(14)2/h10-11H,4-5,7-9H2,1-3H3. The SMILES string of the molecule is CCCN1CC(CC#N)N(C)CC1C. The van der Waals surface area contributed by atoms with Crippen molar-refractivity contribution >= 4 is 0 Å². The molecule has 0 saturated carbocycles. The normalized spacial score (nSPS) is 30.1. The zero-order chi connectivity index (χ0) is 10.6. The molecule has 3 nitrogen and oxygen atoms in total. The van der Waals surface area contributed by atoms with Crippen LogP contribution in [0.1, 0.15) is 26.7 Å². The molecular formula is C11H21N3. The molecule has 0 aliphatic carbocycles. The first kappa shape index (κ1) is 11.5. The van der Waals surface area contributed by atoms with E-state index in [0.29, 0.717) is 18.5 Å². The fourth-order valence-corrected chi connectivity index (χ4v) is 2.20. The molecule has 1 saturated heterocycles. The zero-order valence-electron chi connectivity index (χ0n) is 9.53. The summed E-state index contributed by atoms with van der Waals surface area (Å²) >= 11 is 0. The smallest absolute Gasteiger partial charge is 0.0638 e. The van der Waals surface area contributed by atoms with Crippen molar-refractivity contribution in [1.29, 1.82) is 5.26 Å². The van der Waals surface area contributed by atoms with Gasteiger partial charge in [0, 0.05) is 25.2 Å². The molecule has 14 heavy (non-hydrogen) atoms. The summed E-state index contributed by atoms with van der Waals surface area (Å²) in [4.78, 5) is 4.82.